The van der Waals surface area contributed by atoms with Crippen molar-refractivity contribution in [3.05, 3.63) is 42.3 Å². The lowest BCUT2D eigenvalue weighted by molar-refractivity contribution is 0.362. The van der Waals surface area contributed by atoms with Gasteiger partial charge in [-0.3, -0.25) is 0 Å². The Balaban J connectivity index is 3.38. The zero-order valence-electron chi connectivity index (χ0n) is 15.7. The minimum atomic E-state index is 0.436. The topological polar surface area (TPSA) is 43.2 Å². The maximum Gasteiger partial charge on any atom is 0.141 e. The molecule has 0 aliphatic rings. The molecule has 0 spiro atoms. The van der Waals surface area contributed by atoms with Gasteiger partial charge >= 0.3 is 0 Å². The van der Waals surface area contributed by atoms with E-state index < -0.39 is 0 Å². The van der Waals surface area contributed by atoms with Gasteiger partial charge in [-0.15, -0.1) is 0 Å². The molecular formula is C20H30N4. The van der Waals surface area contributed by atoms with Crippen LogP contribution >= 0.6 is 0 Å². The SMILES string of the molecule is C=C/C=C(\c1nc(C#N)ccc1N(C)C)N(CCC)CCC(C)C. The quantitative estimate of drug-likeness (QED) is 0.634. The fourth-order valence-corrected chi connectivity index (χ4v) is 2.55. The van der Waals surface area contributed by atoms with Crippen molar-refractivity contribution in [3.63, 3.8) is 0 Å². The number of anilines is 1. The van der Waals surface area contributed by atoms with E-state index in [2.05, 4.69) is 43.3 Å². The number of allylic oxidation sites excluding steroid dienone is 2. The van der Waals surface area contributed by atoms with Crippen molar-refractivity contribution < 1.29 is 0 Å². The summed E-state index contributed by atoms with van der Waals surface area (Å²) in [5.41, 5.74) is 3.32. The van der Waals surface area contributed by atoms with Gasteiger partial charge in [0.05, 0.1) is 11.4 Å². The lowest BCUT2D eigenvalue weighted by atomic mass is 10.1. The summed E-state index contributed by atoms with van der Waals surface area (Å²) in [5, 5.41) is 9.24. The molecule has 0 aromatic carbocycles. The van der Waals surface area contributed by atoms with Crippen molar-refractivity contribution >= 4 is 11.4 Å². The van der Waals surface area contributed by atoms with Crippen LogP contribution in [0.3, 0.4) is 0 Å². The summed E-state index contributed by atoms with van der Waals surface area (Å²) in [6.07, 6.45) is 5.98. The largest absolute Gasteiger partial charge is 0.376 e. The van der Waals surface area contributed by atoms with Crippen LogP contribution in [0.5, 0.6) is 0 Å². The van der Waals surface area contributed by atoms with E-state index in [0.29, 0.717) is 11.6 Å². The molecule has 1 aromatic rings. The molecule has 0 saturated heterocycles. The molecule has 0 unspecified atom stereocenters. The molecule has 1 rings (SSSR count). The summed E-state index contributed by atoms with van der Waals surface area (Å²) < 4.78 is 0. The highest BCUT2D eigenvalue weighted by atomic mass is 15.2. The number of rotatable bonds is 9. The minimum absolute atomic E-state index is 0.436. The van der Waals surface area contributed by atoms with Crippen molar-refractivity contribution in [2.75, 3.05) is 32.1 Å². The molecule has 0 aliphatic heterocycles. The second-order valence-corrected chi connectivity index (χ2v) is 6.53. The van der Waals surface area contributed by atoms with Gasteiger partial charge in [0, 0.05) is 27.2 Å². The van der Waals surface area contributed by atoms with Gasteiger partial charge in [-0.2, -0.15) is 5.26 Å². The summed E-state index contributed by atoms with van der Waals surface area (Å²) in [6, 6.07) is 5.88. The van der Waals surface area contributed by atoms with Crippen LogP contribution in [0, 0.1) is 17.2 Å². The Morgan fingerprint density at radius 1 is 1.33 bits per heavy atom. The Hall–Kier alpha value is -2.28. The normalized spacial score (nSPS) is 11.3. The first-order valence-corrected chi connectivity index (χ1v) is 8.61. The highest BCUT2D eigenvalue weighted by molar-refractivity contribution is 5.74. The van der Waals surface area contributed by atoms with Crippen LogP contribution < -0.4 is 4.90 Å². The van der Waals surface area contributed by atoms with E-state index in [0.717, 1.165) is 43.0 Å². The number of aromatic nitrogens is 1. The lowest BCUT2D eigenvalue weighted by Gasteiger charge is -2.29. The molecule has 0 atom stereocenters. The smallest absolute Gasteiger partial charge is 0.141 e. The summed E-state index contributed by atoms with van der Waals surface area (Å²) in [6.45, 7) is 12.5. The standard InChI is InChI=1S/C20H30N4/c1-7-9-19(24(13-8-2)14-12-16(3)4)20-18(23(5)6)11-10-17(15-21)22-20/h7,9-11,16H,1,8,12-14H2,2-6H3/b19-9+. The van der Waals surface area contributed by atoms with Crippen LogP contribution in [-0.2, 0) is 0 Å². The van der Waals surface area contributed by atoms with Crippen LogP contribution in [0.15, 0.2) is 30.9 Å². The molecule has 0 aliphatic carbocycles. The third-order valence-electron chi connectivity index (χ3n) is 3.80. The van der Waals surface area contributed by atoms with Crippen molar-refractivity contribution in [2.45, 2.75) is 33.6 Å². The number of pyridine rings is 1. The van der Waals surface area contributed by atoms with Gasteiger partial charge in [-0.25, -0.2) is 4.98 Å². The van der Waals surface area contributed by atoms with Gasteiger partial charge in [0.1, 0.15) is 17.5 Å². The summed E-state index contributed by atoms with van der Waals surface area (Å²) >= 11 is 0. The first-order chi connectivity index (χ1) is 11.4. The number of hydrogen-bond acceptors (Lipinski definition) is 4. The Morgan fingerprint density at radius 3 is 2.54 bits per heavy atom. The molecule has 1 aromatic heterocycles. The van der Waals surface area contributed by atoms with E-state index in [9.17, 15) is 5.26 Å². The first kappa shape index (κ1) is 19.8. The Labute approximate surface area is 147 Å². The second-order valence-electron chi connectivity index (χ2n) is 6.53. The molecule has 0 bridgehead atoms. The third-order valence-corrected chi connectivity index (χ3v) is 3.80. The maximum absolute atomic E-state index is 9.24. The Morgan fingerprint density at radius 2 is 2.04 bits per heavy atom. The number of nitrogens with zero attached hydrogens (tertiary/aromatic N) is 4. The van der Waals surface area contributed by atoms with Crippen LogP contribution in [0.4, 0.5) is 5.69 Å². The van der Waals surface area contributed by atoms with Gasteiger partial charge in [0.25, 0.3) is 0 Å². The van der Waals surface area contributed by atoms with Crippen LogP contribution in [0.1, 0.15) is 45.0 Å². The maximum atomic E-state index is 9.24. The molecule has 1 heterocycles. The van der Waals surface area contributed by atoms with Crippen LogP contribution in [-0.4, -0.2) is 37.1 Å². The van der Waals surface area contributed by atoms with Gasteiger partial charge < -0.3 is 9.80 Å². The monoisotopic (exact) mass is 326 g/mol. The molecule has 4 heteroatoms. The van der Waals surface area contributed by atoms with E-state index >= 15 is 0 Å². The second kappa shape index (κ2) is 9.77. The first-order valence-electron chi connectivity index (χ1n) is 8.61. The fourth-order valence-electron chi connectivity index (χ4n) is 2.55. The molecule has 0 N–H and O–H groups in total. The predicted octanol–water partition coefficient (Wildman–Crippen LogP) is 4.30. The molecule has 24 heavy (non-hydrogen) atoms. The average molecular weight is 326 g/mol. The fraction of sp³-hybridized carbons (Fsp3) is 0.500. The summed E-state index contributed by atoms with van der Waals surface area (Å²) in [7, 11) is 3.99. The van der Waals surface area contributed by atoms with E-state index in [1.165, 1.54) is 0 Å². The van der Waals surface area contributed by atoms with Crippen molar-refractivity contribution in [1.82, 2.24) is 9.88 Å². The average Bonchev–Trinajstić information content (AvgIpc) is 2.55. The van der Waals surface area contributed by atoms with Crippen LogP contribution in [0.2, 0.25) is 0 Å². The van der Waals surface area contributed by atoms with Crippen molar-refractivity contribution in [2.24, 2.45) is 5.92 Å². The molecule has 4 nitrogen and oxygen atoms in total. The van der Waals surface area contributed by atoms with Gasteiger partial charge in [0.15, 0.2) is 0 Å². The molecule has 0 amide bonds. The highest BCUT2D eigenvalue weighted by Gasteiger charge is 2.18. The lowest BCUT2D eigenvalue weighted by Crippen LogP contribution is -2.27. The minimum Gasteiger partial charge on any atom is -0.376 e. The summed E-state index contributed by atoms with van der Waals surface area (Å²) in [4.78, 5) is 9.00. The zero-order chi connectivity index (χ0) is 18.1. The third kappa shape index (κ3) is 5.42. The van der Waals surface area contributed by atoms with Gasteiger partial charge in [-0.05, 0) is 37.0 Å². The van der Waals surface area contributed by atoms with Gasteiger partial charge in [-0.1, -0.05) is 33.4 Å². The van der Waals surface area contributed by atoms with E-state index in [4.69, 9.17) is 0 Å². The Kier molecular flexibility index (Phi) is 8.05. The van der Waals surface area contributed by atoms with Crippen molar-refractivity contribution in [1.29, 1.82) is 5.26 Å². The number of nitriles is 1. The highest BCUT2D eigenvalue weighted by Crippen LogP contribution is 2.28. The number of hydrogen-bond donors (Lipinski definition) is 0. The molecule has 0 saturated carbocycles. The molecular weight excluding hydrogens is 296 g/mol. The van der Waals surface area contributed by atoms with Gasteiger partial charge in [0.2, 0.25) is 0 Å². The van der Waals surface area contributed by atoms with E-state index in [-0.39, 0.29) is 0 Å². The van der Waals surface area contributed by atoms with Crippen LogP contribution in [0.25, 0.3) is 5.70 Å². The zero-order valence-corrected chi connectivity index (χ0v) is 15.7. The van der Waals surface area contributed by atoms with E-state index in [1.54, 1.807) is 12.1 Å². The predicted molar refractivity (Wildman–Crippen MR) is 103 cm³/mol. The van der Waals surface area contributed by atoms with E-state index in [1.807, 2.05) is 31.1 Å². The van der Waals surface area contributed by atoms with Crippen molar-refractivity contribution in [3.8, 4) is 6.07 Å². The Bertz CT molecular complexity index is 609. The molecule has 130 valence electrons. The summed E-state index contributed by atoms with van der Waals surface area (Å²) in [5.74, 6) is 0.640. The molecule has 0 fully saturated rings. The molecule has 0 radical (unpaired) electrons.